The number of alkyl halides is 3. The van der Waals surface area contributed by atoms with E-state index in [0.717, 1.165) is 10.9 Å². The number of pyridine rings is 1. The van der Waals surface area contributed by atoms with Crippen LogP contribution in [-0.2, 0) is 0 Å². The summed E-state index contributed by atoms with van der Waals surface area (Å²) < 4.78 is 36.9. The molecule has 0 aliphatic carbocycles. The quantitative estimate of drug-likeness (QED) is 0.776. The molecule has 1 amide bonds. The maximum Gasteiger partial charge on any atom is 0.405 e. The zero-order chi connectivity index (χ0) is 16.4. The maximum absolute atomic E-state index is 12.3. The molecule has 118 valence electrons. The molecule has 0 saturated carbocycles. The fourth-order valence-corrected chi connectivity index (χ4v) is 2.39. The third-order valence-electron chi connectivity index (χ3n) is 3.37. The summed E-state index contributed by atoms with van der Waals surface area (Å²) in [5.74, 6) is -0.765. The van der Waals surface area contributed by atoms with Crippen LogP contribution in [-0.4, -0.2) is 28.6 Å². The number of H-pyrrole nitrogens is 1. The van der Waals surface area contributed by atoms with Gasteiger partial charge in [-0.25, -0.2) is 4.98 Å². The van der Waals surface area contributed by atoms with E-state index in [0.29, 0.717) is 11.2 Å². The molecule has 0 spiro atoms. The van der Waals surface area contributed by atoms with Gasteiger partial charge in [0.2, 0.25) is 0 Å². The van der Waals surface area contributed by atoms with Crippen molar-refractivity contribution in [3.8, 4) is 11.1 Å². The van der Waals surface area contributed by atoms with Crippen LogP contribution in [0.2, 0.25) is 0 Å². The molecule has 7 heteroatoms. The molecule has 0 bridgehead atoms. The standard InChI is InChI=1S/C16H12F3N3O/c17-16(18,19)9-22-15(23)13-4-2-1-3-10(13)11-5-7-20-14-12(11)6-8-21-14/h1-8H,9H2,(H,20,21)(H,22,23). The Labute approximate surface area is 129 Å². The number of fused-ring (bicyclic) bond motifs is 1. The van der Waals surface area contributed by atoms with Crippen molar-refractivity contribution in [1.82, 2.24) is 15.3 Å². The average molecular weight is 319 g/mol. The second kappa shape index (κ2) is 5.75. The number of hydrogen-bond donors (Lipinski definition) is 2. The van der Waals surface area contributed by atoms with E-state index in [1.807, 2.05) is 11.4 Å². The molecule has 0 aliphatic rings. The first-order chi connectivity index (χ1) is 11.0. The van der Waals surface area contributed by atoms with E-state index in [9.17, 15) is 18.0 Å². The van der Waals surface area contributed by atoms with Gasteiger partial charge in [0.05, 0.1) is 0 Å². The van der Waals surface area contributed by atoms with Gasteiger partial charge in [0.1, 0.15) is 12.2 Å². The van der Waals surface area contributed by atoms with Crippen LogP contribution in [0.25, 0.3) is 22.2 Å². The molecule has 0 unspecified atom stereocenters. The van der Waals surface area contributed by atoms with Crippen LogP contribution in [0.5, 0.6) is 0 Å². The Bertz CT molecular complexity index is 855. The Morgan fingerprint density at radius 1 is 1.13 bits per heavy atom. The monoisotopic (exact) mass is 319 g/mol. The second-order valence-corrected chi connectivity index (χ2v) is 4.94. The highest BCUT2D eigenvalue weighted by atomic mass is 19.4. The maximum atomic E-state index is 12.3. The highest BCUT2D eigenvalue weighted by molar-refractivity contribution is 6.04. The second-order valence-electron chi connectivity index (χ2n) is 4.94. The average Bonchev–Trinajstić information content (AvgIpc) is 3.00. The van der Waals surface area contributed by atoms with Gasteiger partial charge in [-0.2, -0.15) is 13.2 Å². The van der Waals surface area contributed by atoms with Crippen molar-refractivity contribution in [2.45, 2.75) is 6.18 Å². The fraction of sp³-hybridized carbons (Fsp3) is 0.125. The van der Waals surface area contributed by atoms with E-state index in [1.54, 1.807) is 36.7 Å². The molecule has 4 nitrogen and oxygen atoms in total. The predicted octanol–water partition coefficient (Wildman–Crippen LogP) is 3.52. The van der Waals surface area contributed by atoms with Crippen molar-refractivity contribution >= 4 is 16.9 Å². The van der Waals surface area contributed by atoms with Gasteiger partial charge in [-0.1, -0.05) is 18.2 Å². The number of benzene rings is 1. The molecule has 23 heavy (non-hydrogen) atoms. The van der Waals surface area contributed by atoms with Gasteiger partial charge in [0.25, 0.3) is 5.91 Å². The van der Waals surface area contributed by atoms with Crippen LogP contribution in [0.4, 0.5) is 13.2 Å². The number of nitrogens with zero attached hydrogens (tertiary/aromatic N) is 1. The molecule has 0 fully saturated rings. The molecule has 3 rings (SSSR count). The molecular formula is C16H12F3N3O. The van der Waals surface area contributed by atoms with Gasteiger partial charge in [-0.3, -0.25) is 4.79 Å². The molecule has 0 atom stereocenters. The minimum absolute atomic E-state index is 0.186. The van der Waals surface area contributed by atoms with Gasteiger partial charge in [-0.15, -0.1) is 0 Å². The minimum atomic E-state index is -4.45. The zero-order valence-corrected chi connectivity index (χ0v) is 11.8. The van der Waals surface area contributed by atoms with Crippen molar-refractivity contribution in [3.05, 3.63) is 54.4 Å². The van der Waals surface area contributed by atoms with Crippen LogP contribution in [0, 0.1) is 0 Å². The molecule has 0 aliphatic heterocycles. The molecular weight excluding hydrogens is 307 g/mol. The third kappa shape index (κ3) is 3.18. The van der Waals surface area contributed by atoms with E-state index in [-0.39, 0.29) is 5.56 Å². The fourth-order valence-electron chi connectivity index (χ4n) is 2.39. The number of aromatic amines is 1. The topological polar surface area (TPSA) is 57.8 Å². The van der Waals surface area contributed by atoms with Gasteiger partial charge < -0.3 is 10.3 Å². The number of hydrogen-bond acceptors (Lipinski definition) is 2. The van der Waals surface area contributed by atoms with E-state index >= 15 is 0 Å². The molecule has 0 saturated heterocycles. The van der Waals surface area contributed by atoms with E-state index < -0.39 is 18.6 Å². The van der Waals surface area contributed by atoms with Crippen LogP contribution in [0.3, 0.4) is 0 Å². The molecule has 3 aromatic rings. The summed E-state index contributed by atoms with van der Waals surface area (Å²) in [6, 6.07) is 10.1. The largest absolute Gasteiger partial charge is 0.405 e. The van der Waals surface area contributed by atoms with Gasteiger partial charge >= 0.3 is 6.18 Å². The minimum Gasteiger partial charge on any atom is -0.346 e. The molecule has 1 aromatic carbocycles. The van der Waals surface area contributed by atoms with Crippen molar-refractivity contribution in [2.24, 2.45) is 0 Å². The first-order valence-corrected chi connectivity index (χ1v) is 6.82. The lowest BCUT2D eigenvalue weighted by atomic mass is 9.98. The lowest BCUT2D eigenvalue weighted by Gasteiger charge is -2.12. The van der Waals surface area contributed by atoms with Crippen LogP contribution < -0.4 is 5.32 Å². The molecule has 2 aromatic heterocycles. The Hall–Kier alpha value is -2.83. The van der Waals surface area contributed by atoms with Crippen LogP contribution in [0.15, 0.2) is 48.8 Å². The van der Waals surface area contributed by atoms with E-state index in [4.69, 9.17) is 0 Å². The highest BCUT2D eigenvalue weighted by Crippen LogP contribution is 2.29. The Kier molecular flexibility index (Phi) is 3.77. The number of carbonyl (C=O) groups excluding carboxylic acids is 1. The molecule has 2 heterocycles. The Morgan fingerprint density at radius 3 is 2.70 bits per heavy atom. The number of halogens is 3. The van der Waals surface area contributed by atoms with Gasteiger partial charge in [-0.05, 0) is 29.3 Å². The Morgan fingerprint density at radius 2 is 1.91 bits per heavy atom. The van der Waals surface area contributed by atoms with Crippen LogP contribution in [0.1, 0.15) is 10.4 Å². The highest BCUT2D eigenvalue weighted by Gasteiger charge is 2.28. The van der Waals surface area contributed by atoms with Gasteiger partial charge in [0.15, 0.2) is 0 Å². The van der Waals surface area contributed by atoms with Crippen LogP contribution >= 0.6 is 0 Å². The summed E-state index contributed by atoms with van der Waals surface area (Å²) in [6.07, 6.45) is -1.15. The Balaban J connectivity index is 2.01. The first-order valence-electron chi connectivity index (χ1n) is 6.82. The van der Waals surface area contributed by atoms with Crippen molar-refractivity contribution in [2.75, 3.05) is 6.54 Å². The van der Waals surface area contributed by atoms with Gasteiger partial charge in [0, 0.05) is 23.3 Å². The van der Waals surface area contributed by atoms with Crippen molar-refractivity contribution in [1.29, 1.82) is 0 Å². The summed E-state index contributed by atoms with van der Waals surface area (Å²) in [7, 11) is 0. The molecule has 0 radical (unpaired) electrons. The first kappa shape index (κ1) is 15.1. The lowest BCUT2D eigenvalue weighted by Crippen LogP contribution is -2.33. The zero-order valence-electron chi connectivity index (χ0n) is 11.8. The lowest BCUT2D eigenvalue weighted by molar-refractivity contribution is -0.123. The van der Waals surface area contributed by atoms with Crippen molar-refractivity contribution < 1.29 is 18.0 Å². The summed E-state index contributed by atoms with van der Waals surface area (Å²) in [5, 5.41) is 2.70. The number of nitrogens with one attached hydrogen (secondary N) is 2. The normalized spacial score (nSPS) is 11.6. The third-order valence-corrected chi connectivity index (χ3v) is 3.37. The summed E-state index contributed by atoms with van der Waals surface area (Å²) in [5.41, 5.74) is 2.12. The number of carbonyl (C=O) groups is 1. The molecule has 2 N–H and O–H groups in total. The summed E-state index contributed by atoms with van der Waals surface area (Å²) in [4.78, 5) is 19.3. The summed E-state index contributed by atoms with van der Waals surface area (Å²) >= 11 is 0. The SMILES string of the molecule is O=C(NCC(F)(F)F)c1ccccc1-c1ccnc2[nH]ccc12. The number of amides is 1. The van der Waals surface area contributed by atoms with E-state index in [2.05, 4.69) is 9.97 Å². The number of rotatable bonds is 3. The predicted molar refractivity (Wildman–Crippen MR) is 79.9 cm³/mol. The van der Waals surface area contributed by atoms with E-state index in [1.165, 1.54) is 6.07 Å². The number of aromatic nitrogens is 2. The van der Waals surface area contributed by atoms with Crippen molar-refractivity contribution in [3.63, 3.8) is 0 Å². The smallest absolute Gasteiger partial charge is 0.346 e. The summed E-state index contributed by atoms with van der Waals surface area (Å²) in [6.45, 7) is -1.37.